The molecule has 28 heavy (non-hydrogen) atoms. The van der Waals surface area contributed by atoms with E-state index in [2.05, 4.69) is 5.32 Å². The van der Waals surface area contributed by atoms with E-state index in [9.17, 15) is 8.60 Å². The molecule has 2 atom stereocenters. The van der Waals surface area contributed by atoms with Crippen molar-refractivity contribution in [3.8, 4) is 17.0 Å². The molecule has 146 valence electrons. The van der Waals surface area contributed by atoms with Crippen LogP contribution >= 0.6 is 0 Å². The van der Waals surface area contributed by atoms with Gasteiger partial charge in [0, 0.05) is 17.8 Å². The number of aryl methyl sites for hydroxylation is 1. The monoisotopic (exact) mass is 398 g/mol. The van der Waals surface area contributed by atoms with Crippen molar-refractivity contribution in [3.63, 3.8) is 0 Å². The Morgan fingerprint density at radius 1 is 1.25 bits per heavy atom. The smallest absolute Gasteiger partial charge is 0.157 e. The summed E-state index contributed by atoms with van der Waals surface area (Å²) < 4.78 is 35.3. The minimum absolute atomic E-state index is 0.186. The van der Waals surface area contributed by atoms with Crippen LogP contribution in [0.25, 0.3) is 11.3 Å². The third kappa shape index (κ3) is 3.16. The number of nitrogens with one attached hydrogen (secondary N) is 1. The Balaban J connectivity index is 1.90. The molecule has 1 aliphatic carbocycles. The molecule has 1 heterocycles. The average molecular weight is 399 g/mol. The summed E-state index contributed by atoms with van der Waals surface area (Å²) in [6, 6.07) is 12.6. The predicted molar refractivity (Wildman–Crippen MR) is 109 cm³/mol. The Bertz CT molecular complexity index is 1060. The first-order valence-corrected chi connectivity index (χ1v) is 10.4. The van der Waals surface area contributed by atoms with Gasteiger partial charge in [-0.15, -0.1) is 0 Å². The number of hydrogen-bond donors (Lipinski definition) is 1. The lowest BCUT2D eigenvalue weighted by Gasteiger charge is -2.13. The molecule has 0 radical (unpaired) electrons. The Hall–Kier alpha value is -2.44. The standard InChI is InChI=1S/C22H23FN2O2S/c1-14-7-8-18(20(23)11-14)22-17-9-10-21(24-2)19(17)13-25(22)28(26)16-6-4-5-15(12-16)27-3/h4-8,11-13,21,24H,9-10H2,1-3H3. The lowest BCUT2D eigenvalue weighted by atomic mass is 10.0. The van der Waals surface area contributed by atoms with Gasteiger partial charge in [-0.1, -0.05) is 12.1 Å². The average Bonchev–Trinajstić information content (AvgIpc) is 3.26. The first-order chi connectivity index (χ1) is 13.5. The fourth-order valence-electron chi connectivity index (χ4n) is 3.89. The summed E-state index contributed by atoms with van der Waals surface area (Å²) in [6.07, 6.45) is 3.69. The van der Waals surface area contributed by atoms with Crippen molar-refractivity contribution in [2.75, 3.05) is 14.2 Å². The predicted octanol–water partition coefficient (Wildman–Crippen LogP) is 4.39. The molecule has 6 heteroatoms. The summed E-state index contributed by atoms with van der Waals surface area (Å²) in [5, 5.41) is 3.31. The molecule has 2 unspecified atom stereocenters. The van der Waals surface area contributed by atoms with Gasteiger partial charge in [-0.3, -0.25) is 3.97 Å². The fraction of sp³-hybridized carbons (Fsp3) is 0.273. The number of aromatic nitrogens is 1. The number of ether oxygens (including phenoxy) is 1. The van der Waals surface area contributed by atoms with E-state index in [1.165, 1.54) is 6.07 Å². The lowest BCUT2D eigenvalue weighted by Crippen LogP contribution is -2.13. The Morgan fingerprint density at radius 2 is 2.07 bits per heavy atom. The number of methoxy groups -OCH3 is 1. The molecule has 0 saturated heterocycles. The summed E-state index contributed by atoms with van der Waals surface area (Å²) in [4.78, 5) is 0.614. The van der Waals surface area contributed by atoms with E-state index in [1.54, 1.807) is 29.3 Å². The number of fused-ring (bicyclic) bond motifs is 1. The van der Waals surface area contributed by atoms with Crippen LogP contribution in [-0.4, -0.2) is 22.3 Å². The normalized spacial score (nSPS) is 16.8. The van der Waals surface area contributed by atoms with Gasteiger partial charge in [0.15, 0.2) is 11.0 Å². The molecule has 4 rings (SSSR count). The summed E-state index contributed by atoms with van der Waals surface area (Å²) in [7, 11) is 1.98. The minimum atomic E-state index is -1.52. The number of halogens is 1. The van der Waals surface area contributed by atoms with E-state index in [4.69, 9.17) is 4.74 Å². The number of rotatable bonds is 5. The third-order valence-corrected chi connectivity index (χ3v) is 6.62. The van der Waals surface area contributed by atoms with E-state index >= 15 is 0 Å². The zero-order chi connectivity index (χ0) is 19.8. The molecular weight excluding hydrogens is 375 g/mol. The van der Waals surface area contributed by atoms with Crippen LogP contribution in [0.3, 0.4) is 0 Å². The van der Waals surface area contributed by atoms with Gasteiger partial charge in [0.25, 0.3) is 0 Å². The van der Waals surface area contributed by atoms with Crippen LogP contribution in [0.4, 0.5) is 4.39 Å². The molecule has 3 aromatic rings. The quantitative estimate of drug-likeness (QED) is 0.693. The highest BCUT2D eigenvalue weighted by atomic mass is 32.2. The molecular formula is C22H23FN2O2S. The Labute approximate surface area is 166 Å². The molecule has 1 N–H and O–H groups in total. The van der Waals surface area contributed by atoms with Gasteiger partial charge in [0.05, 0.1) is 17.7 Å². The summed E-state index contributed by atoms with van der Waals surface area (Å²) in [6.45, 7) is 1.86. The van der Waals surface area contributed by atoms with Gasteiger partial charge in [0.1, 0.15) is 11.6 Å². The van der Waals surface area contributed by atoms with Crippen LogP contribution in [0.15, 0.2) is 53.6 Å². The second-order valence-electron chi connectivity index (χ2n) is 7.03. The topological polar surface area (TPSA) is 43.3 Å². The van der Waals surface area contributed by atoms with E-state index in [0.29, 0.717) is 21.9 Å². The first kappa shape index (κ1) is 18.9. The molecule has 0 fully saturated rings. The second-order valence-corrected chi connectivity index (χ2v) is 8.39. The van der Waals surface area contributed by atoms with Crippen molar-refractivity contribution in [2.24, 2.45) is 0 Å². The maximum absolute atomic E-state index is 14.9. The van der Waals surface area contributed by atoms with E-state index in [0.717, 1.165) is 29.5 Å². The van der Waals surface area contributed by atoms with Crippen molar-refractivity contribution in [2.45, 2.75) is 30.7 Å². The number of nitrogens with zero attached hydrogens (tertiary/aromatic N) is 1. The molecule has 0 aliphatic heterocycles. The zero-order valence-corrected chi connectivity index (χ0v) is 17.0. The van der Waals surface area contributed by atoms with Gasteiger partial charge < -0.3 is 10.1 Å². The van der Waals surface area contributed by atoms with Crippen LogP contribution in [0.2, 0.25) is 0 Å². The molecule has 0 saturated carbocycles. The molecule has 1 aromatic heterocycles. The highest BCUT2D eigenvalue weighted by Crippen LogP contribution is 2.41. The van der Waals surface area contributed by atoms with Gasteiger partial charge in [-0.05, 0) is 73.8 Å². The van der Waals surface area contributed by atoms with Crippen LogP contribution in [-0.2, 0) is 17.4 Å². The second kappa shape index (κ2) is 7.53. The lowest BCUT2D eigenvalue weighted by molar-refractivity contribution is 0.413. The van der Waals surface area contributed by atoms with Crippen molar-refractivity contribution >= 4 is 11.0 Å². The van der Waals surface area contributed by atoms with Crippen LogP contribution in [0.1, 0.15) is 29.2 Å². The third-order valence-electron chi connectivity index (χ3n) is 5.32. The van der Waals surface area contributed by atoms with Gasteiger partial charge in [-0.2, -0.15) is 0 Å². The zero-order valence-electron chi connectivity index (χ0n) is 16.2. The summed E-state index contributed by atoms with van der Waals surface area (Å²) in [5.74, 6) is 0.347. The number of benzene rings is 2. The molecule has 0 spiro atoms. The van der Waals surface area contributed by atoms with Gasteiger partial charge in [-0.25, -0.2) is 8.60 Å². The van der Waals surface area contributed by atoms with Crippen molar-refractivity contribution in [1.82, 2.24) is 9.29 Å². The van der Waals surface area contributed by atoms with E-state index in [1.807, 2.05) is 38.4 Å². The van der Waals surface area contributed by atoms with Crippen molar-refractivity contribution < 1.29 is 13.3 Å². The molecule has 4 nitrogen and oxygen atoms in total. The summed E-state index contributed by atoms with van der Waals surface area (Å²) >= 11 is 0. The first-order valence-electron chi connectivity index (χ1n) is 9.27. The SMILES string of the molecule is CNC1CCc2c1cn(S(=O)c1cccc(OC)c1)c2-c1ccc(C)cc1F. The van der Waals surface area contributed by atoms with Crippen molar-refractivity contribution in [3.05, 3.63) is 71.2 Å². The van der Waals surface area contributed by atoms with Crippen LogP contribution in [0.5, 0.6) is 5.75 Å². The molecule has 1 aliphatic rings. The maximum atomic E-state index is 14.9. The van der Waals surface area contributed by atoms with Crippen LogP contribution in [0, 0.1) is 12.7 Å². The Kier molecular flexibility index (Phi) is 5.08. The molecule has 0 amide bonds. The highest BCUT2D eigenvalue weighted by Gasteiger charge is 2.31. The molecule has 2 aromatic carbocycles. The fourth-order valence-corrected chi connectivity index (χ4v) is 5.12. The largest absolute Gasteiger partial charge is 0.497 e. The van der Waals surface area contributed by atoms with E-state index < -0.39 is 11.0 Å². The Morgan fingerprint density at radius 3 is 2.79 bits per heavy atom. The summed E-state index contributed by atoms with van der Waals surface area (Å²) in [5.41, 5.74) is 4.20. The van der Waals surface area contributed by atoms with Gasteiger partial charge in [0.2, 0.25) is 0 Å². The van der Waals surface area contributed by atoms with E-state index in [-0.39, 0.29) is 11.9 Å². The van der Waals surface area contributed by atoms with Crippen molar-refractivity contribution in [1.29, 1.82) is 0 Å². The minimum Gasteiger partial charge on any atom is -0.497 e. The van der Waals surface area contributed by atoms with Gasteiger partial charge >= 0.3 is 0 Å². The highest BCUT2D eigenvalue weighted by molar-refractivity contribution is 7.83. The maximum Gasteiger partial charge on any atom is 0.157 e. The molecule has 0 bridgehead atoms. The van der Waals surface area contributed by atoms with Crippen LogP contribution < -0.4 is 10.1 Å². The number of hydrogen-bond acceptors (Lipinski definition) is 3.